The Balaban J connectivity index is 2.21. The minimum atomic E-state index is -3.54. The molecule has 0 unspecified atom stereocenters. The lowest BCUT2D eigenvalue weighted by Crippen LogP contribution is -2.49. The normalized spacial score (nSPS) is 13.1. The summed E-state index contributed by atoms with van der Waals surface area (Å²) >= 11 is 3.46. The Morgan fingerprint density at radius 2 is 1.75 bits per heavy atom. The Bertz CT molecular complexity index is 1170. The largest absolute Gasteiger partial charge is 0.352 e. The van der Waals surface area contributed by atoms with E-state index in [1.54, 1.807) is 17.9 Å². The van der Waals surface area contributed by atoms with Gasteiger partial charge in [-0.2, -0.15) is 0 Å². The van der Waals surface area contributed by atoms with E-state index in [0.717, 1.165) is 27.6 Å². The van der Waals surface area contributed by atoms with Gasteiger partial charge >= 0.3 is 0 Å². The number of halogens is 1. The first kappa shape index (κ1) is 29.8. The number of benzene rings is 2. The molecular formula is C27H38BrN3O4S. The van der Waals surface area contributed by atoms with Gasteiger partial charge in [-0.1, -0.05) is 47.1 Å². The van der Waals surface area contributed by atoms with Gasteiger partial charge in [0, 0.05) is 30.0 Å². The first-order valence-electron chi connectivity index (χ1n) is 12.2. The summed E-state index contributed by atoms with van der Waals surface area (Å²) in [6.45, 7) is 9.93. The Labute approximate surface area is 224 Å². The van der Waals surface area contributed by atoms with Crippen molar-refractivity contribution in [3.63, 3.8) is 0 Å². The summed E-state index contributed by atoms with van der Waals surface area (Å²) in [4.78, 5) is 27.8. The van der Waals surface area contributed by atoms with Crippen LogP contribution in [-0.4, -0.2) is 50.0 Å². The van der Waals surface area contributed by atoms with E-state index in [1.165, 1.54) is 10.6 Å². The fourth-order valence-electron chi connectivity index (χ4n) is 3.87. The molecule has 0 saturated heterocycles. The molecule has 0 aliphatic heterocycles. The number of hydrogen-bond acceptors (Lipinski definition) is 4. The molecule has 9 heteroatoms. The van der Waals surface area contributed by atoms with E-state index in [1.807, 2.05) is 64.1 Å². The maximum Gasteiger partial charge on any atom is 0.242 e. The van der Waals surface area contributed by atoms with E-state index < -0.39 is 16.1 Å². The molecule has 0 aliphatic carbocycles. The van der Waals surface area contributed by atoms with Crippen molar-refractivity contribution in [1.82, 2.24) is 10.2 Å². The van der Waals surface area contributed by atoms with E-state index in [2.05, 4.69) is 21.2 Å². The summed E-state index contributed by atoms with van der Waals surface area (Å²) in [5.41, 5.74) is 3.41. The number of anilines is 1. The van der Waals surface area contributed by atoms with Gasteiger partial charge in [0.25, 0.3) is 0 Å². The van der Waals surface area contributed by atoms with Crippen molar-refractivity contribution < 1.29 is 18.0 Å². The molecular weight excluding hydrogens is 542 g/mol. The highest BCUT2D eigenvalue weighted by Crippen LogP contribution is 2.25. The predicted molar refractivity (Wildman–Crippen MR) is 149 cm³/mol. The zero-order chi connectivity index (χ0) is 27.0. The van der Waals surface area contributed by atoms with Crippen LogP contribution in [0, 0.1) is 13.8 Å². The second-order valence-corrected chi connectivity index (χ2v) is 12.1. The van der Waals surface area contributed by atoms with Crippen LogP contribution in [-0.2, 0) is 26.2 Å². The highest BCUT2D eigenvalue weighted by molar-refractivity contribution is 9.10. The van der Waals surface area contributed by atoms with Crippen LogP contribution < -0.4 is 9.62 Å². The van der Waals surface area contributed by atoms with Gasteiger partial charge in [0.2, 0.25) is 21.8 Å². The molecule has 2 aromatic rings. The molecule has 0 aromatic heterocycles. The van der Waals surface area contributed by atoms with Crippen LogP contribution in [0.1, 0.15) is 56.7 Å². The number of aryl methyl sites for hydroxylation is 1. The fraction of sp³-hybridized carbons (Fsp3) is 0.481. The van der Waals surface area contributed by atoms with Gasteiger partial charge in [-0.3, -0.25) is 13.9 Å². The third-order valence-electron chi connectivity index (χ3n) is 6.41. The number of hydrogen-bond donors (Lipinski definition) is 1. The minimum absolute atomic E-state index is 0.00339. The molecule has 36 heavy (non-hydrogen) atoms. The highest BCUT2D eigenvalue weighted by Gasteiger charge is 2.27. The molecule has 2 rings (SSSR count). The summed E-state index contributed by atoms with van der Waals surface area (Å²) in [7, 11) is -3.54. The third kappa shape index (κ3) is 8.34. The standard InChI is InChI=1S/C27H38BrN3O4S/c1-7-20(3)29-27(33)22(5)30(18-23-12-9-13-24(28)17-23)26(32)15-10-16-31(36(6,34)35)25-14-8-11-19(2)21(25)4/h8-9,11-14,17,20,22H,7,10,15-16,18H2,1-6H3,(H,29,33)/t20-,22-/m1/s1. The van der Waals surface area contributed by atoms with Gasteiger partial charge in [0.15, 0.2) is 0 Å². The van der Waals surface area contributed by atoms with E-state index in [-0.39, 0.29) is 37.4 Å². The maximum atomic E-state index is 13.4. The van der Waals surface area contributed by atoms with Crippen molar-refractivity contribution in [1.29, 1.82) is 0 Å². The van der Waals surface area contributed by atoms with Crippen LogP contribution in [0.4, 0.5) is 5.69 Å². The lowest BCUT2D eigenvalue weighted by Gasteiger charge is -2.30. The molecule has 7 nitrogen and oxygen atoms in total. The Kier molecular flexibility index (Phi) is 11.0. The van der Waals surface area contributed by atoms with Crippen molar-refractivity contribution in [2.75, 3.05) is 17.1 Å². The van der Waals surface area contributed by atoms with Gasteiger partial charge < -0.3 is 10.2 Å². The molecule has 2 amide bonds. The van der Waals surface area contributed by atoms with Crippen molar-refractivity contribution in [3.8, 4) is 0 Å². The molecule has 0 saturated carbocycles. The van der Waals surface area contributed by atoms with Crippen LogP contribution in [0.15, 0.2) is 46.9 Å². The highest BCUT2D eigenvalue weighted by atomic mass is 79.9. The summed E-state index contributed by atoms with van der Waals surface area (Å²) in [6.07, 6.45) is 2.41. The molecule has 0 fully saturated rings. The quantitative estimate of drug-likeness (QED) is 0.385. The number of carbonyl (C=O) groups is 2. The Hall–Kier alpha value is -2.39. The summed E-state index contributed by atoms with van der Waals surface area (Å²) in [5.74, 6) is -0.406. The predicted octanol–water partition coefficient (Wildman–Crippen LogP) is 4.94. The lowest BCUT2D eigenvalue weighted by atomic mass is 10.1. The first-order valence-corrected chi connectivity index (χ1v) is 14.9. The van der Waals surface area contributed by atoms with E-state index in [9.17, 15) is 18.0 Å². The number of nitrogens with one attached hydrogen (secondary N) is 1. The van der Waals surface area contributed by atoms with Gasteiger partial charge in [-0.25, -0.2) is 8.42 Å². The van der Waals surface area contributed by atoms with Crippen molar-refractivity contribution in [2.24, 2.45) is 0 Å². The summed E-state index contributed by atoms with van der Waals surface area (Å²) < 4.78 is 27.4. The van der Waals surface area contributed by atoms with Crippen molar-refractivity contribution in [3.05, 3.63) is 63.6 Å². The van der Waals surface area contributed by atoms with Crippen molar-refractivity contribution >= 4 is 43.5 Å². The minimum Gasteiger partial charge on any atom is -0.352 e. The van der Waals surface area contributed by atoms with Gasteiger partial charge in [0.05, 0.1) is 11.9 Å². The van der Waals surface area contributed by atoms with Crippen LogP contribution in [0.2, 0.25) is 0 Å². The average Bonchev–Trinajstić information content (AvgIpc) is 2.81. The molecule has 1 N–H and O–H groups in total. The van der Waals surface area contributed by atoms with Gasteiger partial charge in [0.1, 0.15) is 6.04 Å². The zero-order valence-electron chi connectivity index (χ0n) is 22.0. The van der Waals surface area contributed by atoms with E-state index in [4.69, 9.17) is 0 Å². The number of amides is 2. The molecule has 2 aromatic carbocycles. The van der Waals surface area contributed by atoms with E-state index in [0.29, 0.717) is 12.1 Å². The smallest absolute Gasteiger partial charge is 0.242 e. The van der Waals surface area contributed by atoms with Crippen LogP contribution in [0.5, 0.6) is 0 Å². The third-order valence-corrected chi connectivity index (χ3v) is 8.08. The number of carbonyl (C=O) groups excluding carboxylic acids is 2. The fourth-order valence-corrected chi connectivity index (χ4v) is 5.33. The van der Waals surface area contributed by atoms with E-state index >= 15 is 0 Å². The Morgan fingerprint density at radius 3 is 2.36 bits per heavy atom. The second kappa shape index (κ2) is 13.2. The second-order valence-electron chi connectivity index (χ2n) is 9.30. The zero-order valence-corrected chi connectivity index (χ0v) is 24.4. The molecule has 0 bridgehead atoms. The van der Waals surface area contributed by atoms with Crippen LogP contribution in [0.3, 0.4) is 0 Å². The topological polar surface area (TPSA) is 86.8 Å². The SMILES string of the molecule is CC[C@@H](C)NC(=O)[C@@H](C)N(Cc1cccc(Br)c1)C(=O)CCCN(c1cccc(C)c1C)S(C)(=O)=O. The van der Waals surface area contributed by atoms with Crippen molar-refractivity contribution in [2.45, 2.75) is 72.5 Å². The molecule has 2 atom stereocenters. The van der Waals surface area contributed by atoms with Crippen LogP contribution >= 0.6 is 15.9 Å². The number of sulfonamides is 1. The monoisotopic (exact) mass is 579 g/mol. The lowest BCUT2D eigenvalue weighted by molar-refractivity contribution is -0.140. The van der Waals surface area contributed by atoms with Gasteiger partial charge in [-0.15, -0.1) is 0 Å². The Morgan fingerprint density at radius 1 is 1.08 bits per heavy atom. The van der Waals surface area contributed by atoms with Crippen LogP contribution in [0.25, 0.3) is 0 Å². The summed E-state index contributed by atoms with van der Waals surface area (Å²) in [6, 6.07) is 12.5. The van der Waals surface area contributed by atoms with Gasteiger partial charge in [-0.05, 0) is 75.4 Å². The molecule has 0 aliphatic rings. The summed E-state index contributed by atoms with van der Waals surface area (Å²) in [5, 5.41) is 2.96. The first-order chi connectivity index (χ1) is 16.8. The number of rotatable bonds is 12. The molecule has 0 heterocycles. The number of nitrogens with zero attached hydrogens (tertiary/aromatic N) is 2. The molecule has 198 valence electrons. The average molecular weight is 581 g/mol. The molecule has 0 radical (unpaired) electrons. The maximum absolute atomic E-state index is 13.4. The molecule has 0 spiro atoms.